The lowest BCUT2D eigenvalue weighted by Gasteiger charge is -2.10. The van der Waals surface area contributed by atoms with E-state index in [2.05, 4.69) is 0 Å². The van der Waals surface area contributed by atoms with Crippen LogP contribution in [0, 0.1) is 5.82 Å². The number of halogens is 5. The molecule has 0 aliphatic rings. The van der Waals surface area contributed by atoms with Gasteiger partial charge in [0.25, 0.3) is 0 Å². The van der Waals surface area contributed by atoms with Crippen molar-refractivity contribution in [2.45, 2.75) is 6.18 Å². The number of hydrogen-bond acceptors (Lipinski definition) is 1. The zero-order valence-corrected chi connectivity index (χ0v) is 6.88. The summed E-state index contributed by atoms with van der Waals surface area (Å²) in [7, 11) is 0. The molecule has 0 amide bonds. The van der Waals surface area contributed by atoms with Crippen molar-refractivity contribution in [1.29, 1.82) is 0 Å². The van der Waals surface area contributed by atoms with Gasteiger partial charge in [0.15, 0.2) is 0 Å². The first-order valence-electron chi connectivity index (χ1n) is 3.14. The van der Waals surface area contributed by atoms with Crippen LogP contribution in [0.5, 0.6) is 0 Å². The van der Waals surface area contributed by atoms with Crippen LogP contribution in [0.4, 0.5) is 23.2 Å². The van der Waals surface area contributed by atoms with Crippen LogP contribution in [0.3, 0.4) is 0 Å². The summed E-state index contributed by atoms with van der Waals surface area (Å²) in [4.78, 5) is 0. The molecule has 1 aromatic carbocycles. The van der Waals surface area contributed by atoms with Crippen molar-refractivity contribution >= 4 is 17.3 Å². The summed E-state index contributed by atoms with van der Waals surface area (Å²) in [6, 6.07) is 1.18. The minimum atomic E-state index is -4.61. The van der Waals surface area contributed by atoms with Gasteiger partial charge in [-0.05, 0) is 12.1 Å². The Morgan fingerprint density at radius 2 is 1.77 bits per heavy atom. The van der Waals surface area contributed by atoms with Crippen molar-refractivity contribution in [2.75, 3.05) is 5.73 Å². The maximum Gasteiger partial charge on any atom is 0.417 e. The maximum atomic E-state index is 12.6. The SMILES string of the molecule is Nc1c(F)ccc(C(F)(F)F)c1Cl. The molecule has 0 radical (unpaired) electrons. The molecule has 0 saturated carbocycles. The van der Waals surface area contributed by atoms with Crippen LogP contribution in [0.25, 0.3) is 0 Å². The Balaban J connectivity index is 3.35. The molecule has 6 heteroatoms. The van der Waals surface area contributed by atoms with Crippen LogP contribution in [0.1, 0.15) is 5.56 Å². The third kappa shape index (κ3) is 1.85. The molecule has 13 heavy (non-hydrogen) atoms. The molecule has 1 rings (SSSR count). The maximum absolute atomic E-state index is 12.6. The molecule has 1 nitrogen and oxygen atoms in total. The minimum absolute atomic E-state index is 0.550. The van der Waals surface area contributed by atoms with Crippen molar-refractivity contribution in [3.8, 4) is 0 Å². The number of nitrogen functional groups attached to an aromatic ring is 1. The van der Waals surface area contributed by atoms with E-state index in [4.69, 9.17) is 17.3 Å². The Kier molecular flexibility index (Phi) is 2.38. The summed E-state index contributed by atoms with van der Waals surface area (Å²) in [5.41, 5.74) is 3.16. The molecule has 0 spiro atoms. The third-order valence-corrected chi connectivity index (χ3v) is 1.84. The topological polar surface area (TPSA) is 26.0 Å². The molecule has 0 atom stereocenters. The number of alkyl halides is 3. The molecule has 1 aromatic rings. The predicted octanol–water partition coefficient (Wildman–Crippen LogP) is 3.08. The summed E-state index contributed by atoms with van der Waals surface area (Å²) in [6.07, 6.45) is -4.61. The van der Waals surface area contributed by atoms with Crippen LogP contribution >= 0.6 is 11.6 Å². The predicted molar refractivity (Wildman–Crippen MR) is 40.8 cm³/mol. The number of nitrogens with two attached hydrogens (primary N) is 1. The molecule has 0 bridgehead atoms. The second-order valence-electron chi connectivity index (χ2n) is 2.32. The van der Waals surface area contributed by atoms with E-state index >= 15 is 0 Å². The third-order valence-electron chi connectivity index (χ3n) is 1.43. The number of anilines is 1. The van der Waals surface area contributed by atoms with Crippen molar-refractivity contribution in [1.82, 2.24) is 0 Å². The second kappa shape index (κ2) is 3.06. The first-order valence-corrected chi connectivity index (χ1v) is 3.52. The van der Waals surface area contributed by atoms with Crippen LogP contribution < -0.4 is 5.73 Å². The largest absolute Gasteiger partial charge is 0.417 e. The first-order chi connectivity index (χ1) is 5.84. The van der Waals surface area contributed by atoms with E-state index in [1.165, 1.54) is 0 Å². The van der Waals surface area contributed by atoms with Gasteiger partial charge in [-0.3, -0.25) is 0 Å². The first kappa shape index (κ1) is 10.1. The average molecular weight is 214 g/mol. The fourth-order valence-electron chi connectivity index (χ4n) is 0.788. The smallest absolute Gasteiger partial charge is 0.395 e. The molecule has 0 fully saturated rings. The molecule has 0 saturated heterocycles. The van der Waals surface area contributed by atoms with Crippen LogP contribution in [0.15, 0.2) is 12.1 Å². The molecule has 0 aliphatic carbocycles. The van der Waals surface area contributed by atoms with Gasteiger partial charge in [0, 0.05) is 0 Å². The number of rotatable bonds is 0. The standard InChI is InChI=1S/C7H4ClF4N/c8-5-3(7(10,11)12)1-2-4(9)6(5)13/h1-2H,13H2. The zero-order valence-electron chi connectivity index (χ0n) is 6.12. The van der Waals surface area contributed by atoms with Gasteiger partial charge < -0.3 is 5.73 Å². The van der Waals surface area contributed by atoms with Crippen LogP contribution in [-0.4, -0.2) is 0 Å². The Labute approximate surface area is 76.1 Å². The number of hydrogen-bond donors (Lipinski definition) is 1. The van der Waals surface area contributed by atoms with Gasteiger partial charge in [0.2, 0.25) is 0 Å². The van der Waals surface area contributed by atoms with E-state index in [0.717, 1.165) is 0 Å². The molecule has 0 aromatic heterocycles. The molecule has 0 heterocycles. The molecule has 0 aliphatic heterocycles. The lowest BCUT2D eigenvalue weighted by molar-refractivity contribution is -0.137. The highest BCUT2D eigenvalue weighted by atomic mass is 35.5. The van der Waals surface area contributed by atoms with E-state index in [1.807, 2.05) is 0 Å². The number of benzene rings is 1. The summed E-state index contributed by atoms with van der Waals surface area (Å²) in [5.74, 6) is -0.960. The van der Waals surface area contributed by atoms with Crippen LogP contribution in [-0.2, 0) is 6.18 Å². The van der Waals surface area contributed by atoms with Gasteiger partial charge in [-0.1, -0.05) is 11.6 Å². The molecule has 0 unspecified atom stereocenters. The van der Waals surface area contributed by atoms with Crippen molar-refractivity contribution in [3.63, 3.8) is 0 Å². The quantitative estimate of drug-likeness (QED) is 0.520. The highest BCUT2D eigenvalue weighted by Gasteiger charge is 2.34. The molecule has 2 N–H and O–H groups in total. The van der Waals surface area contributed by atoms with Gasteiger partial charge >= 0.3 is 6.18 Å². The monoisotopic (exact) mass is 213 g/mol. The van der Waals surface area contributed by atoms with E-state index in [-0.39, 0.29) is 0 Å². The Morgan fingerprint density at radius 1 is 1.23 bits per heavy atom. The summed E-state index contributed by atoms with van der Waals surface area (Å²) >= 11 is 5.20. The van der Waals surface area contributed by atoms with Gasteiger partial charge in [0.05, 0.1) is 16.3 Å². The van der Waals surface area contributed by atoms with E-state index < -0.39 is 28.3 Å². The van der Waals surface area contributed by atoms with Gasteiger partial charge in [-0.15, -0.1) is 0 Å². The molecular weight excluding hydrogens is 210 g/mol. The fraction of sp³-hybridized carbons (Fsp3) is 0.143. The normalized spacial score (nSPS) is 11.8. The van der Waals surface area contributed by atoms with E-state index in [1.54, 1.807) is 0 Å². The molecule has 72 valence electrons. The highest BCUT2D eigenvalue weighted by Crippen LogP contribution is 2.38. The van der Waals surface area contributed by atoms with Gasteiger partial charge in [0.1, 0.15) is 5.82 Å². The average Bonchev–Trinajstić information content (AvgIpc) is 1.98. The Bertz CT molecular complexity index is 334. The second-order valence-corrected chi connectivity index (χ2v) is 2.70. The summed E-state index contributed by atoms with van der Waals surface area (Å²) < 4.78 is 48.9. The fourth-order valence-corrected chi connectivity index (χ4v) is 1.05. The van der Waals surface area contributed by atoms with Crippen molar-refractivity contribution in [2.24, 2.45) is 0 Å². The lowest BCUT2D eigenvalue weighted by Crippen LogP contribution is -2.08. The zero-order chi connectivity index (χ0) is 10.2. The van der Waals surface area contributed by atoms with Crippen molar-refractivity contribution < 1.29 is 17.6 Å². The van der Waals surface area contributed by atoms with Gasteiger partial charge in [-0.25, -0.2) is 4.39 Å². The summed E-state index contributed by atoms with van der Waals surface area (Å²) in [5, 5.41) is -0.799. The van der Waals surface area contributed by atoms with Gasteiger partial charge in [-0.2, -0.15) is 13.2 Å². The highest BCUT2D eigenvalue weighted by molar-refractivity contribution is 6.33. The Morgan fingerprint density at radius 3 is 2.23 bits per heavy atom. The van der Waals surface area contributed by atoms with E-state index in [9.17, 15) is 17.6 Å². The lowest BCUT2D eigenvalue weighted by atomic mass is 10.2. The molecular formula is C7H4ClF4N. The summed E-state index contributed by atoms with van der Waals surface area (Å²) in [6.45, 7) is 0. The van der Waals surface area contributed by atoms with Crippen molar-refractivity contribution in [3.05, 3.63) is 28.5 Å². The van der Waals surface area contributed by atoms with Crippen LogP contribution in [0.2, 0.25) is 5.02 Å². The Hall–Kier alpha value is -0.970. The minimum Gasteiger partial charge on any atom is -0.395 e. The van der Waals surface area contributed by atoms with E-state index in [0.29, 0.717) is 12.1 Å².